The molecule has 0 saturated heterocycles. The average molecular weight is 367 g/mol. The number of carbonyl (C=O) groups is 1. The van der Waals surface area contributed by atoms with Crippen molar-refractivity contribution in [3.05, 3.63) is 46.1 Å². The minimum Gasteiger partial charge on any atom is -0.477 e. The topological polar surface area (TPSA) is 80.0 Å². The minimum atomic E-state index is -1.02. The third kappa shape index (κ3) is 2.68. The number of thioether (sulfide) groups is 1. The maximum absolute atomic E-state index is 11.3. The molecule has 0 amide bonds. The lowest BCUT2D eigenvalue weighted by Crippen LogP contribution is -2.24. The lowest BCUT2D eigenvalue weighted by molar-refractivity contribution is -0.132. The Hall–Kier alpha value is -1.80. The highest BCUT2D eigenvalue weighted by atomic mass is 79.9. The number of aliphatic carboxylic acids is 1. The van der Waals surface area contributed by atoms with E-state index in [1.54, 1.807) is 10.8 Å². The van der Waals surface area contributed by atoms with Crippen molar-refractivity contribution in [3.8, 4) is 0 Å². The highest BCUT2D eigenvalue weighted by Gasteiger charge is 2.27. The van der Waals surface area contributed by atoms with Crippen molar-refractivity contribution in [2.45, 2.75) is 11.2 Å². The minimum absolute atomic E-state index is 0.104. The van der Waals surface area contributed by atoms with E-state index >= 15 is 0 Å². The summed E-state index contributed by atoms with van der Waals surface area (Å²) in [6, 6.07) is 7.39. The van der Waals surface area contributed by atoms with Crippen LogP contribution in [-0.2, 0) is 4.79 Å². The molecule has 2 N–H and O–H groups in total. The van der Waals surface area contributed by atoms with Gasteiger partial charge in [0.05, 0.1) is 0 Å². The quantitative estimate of drug-likeness (QED) is 0.813. The summed E-state index contributed by atoms with van der Waals surface area (Å²) in [4.78, 5) is 15.6. The SMILES string of the molecule is CSc1nc2n(n1)[C@@H](c1cccc(Br)c1)C=C(C(=O)O)N2. The van der Waals surface area contributed by atoms with Crippen molar-refractivity contribution in [2.75, 3.05) is 11.6 Å². The number of carboxylic acid groups (broad SMARTS) is 1. The van der Waals surface area contributed by atoms with Crippen molar-refractivity contribution in [1.29, 1.82) is 0 Å². The molecule has 1 aromatic heterocycles. The van der Waals surface area contributed by atoms with Crippen LogP contribution in [0.15, 0.2) is 45.7 Å². The summed E-state index contributed by atoms with van der Waals surface area (Å²) in [6.45, 7) is 0. The second-order valence-electron chi connectivity index (χ2n) is 4.38. The molecule has 1 aliphatic heterocycles. The molecule has 6 nitrogen and oxygen atoms in total. The highest BCUT2D eigenvalue weighted by molar-refractivity contribution is 9.10. The number of hydrogen-bond donors (Lipinski definition) is 2. The zero-order valence-corrected chi connectivity index (χ0v) is 13.3. The summed E-state index contributed by atoms with van der Waals surface area (Å²) in [6.07, 6.45) is 3.51. The van der Waals surface area contributed by atoms with Gasteiger partial charge in [-0.2, -0.15) is 4.98 Å². The number of carboxylic acids is 1. The first-order valence-electron chi connectivity index (χ1n) is 6.06. The van der Waals surface area contributed by atoms with Crippen molar-refractivity contribution < 1.29 is 9.90 Å². The summed E-state index contributed by atoms with van der Waals surface area (Å²) < 4.78 is 2.62. The van der Waals surface area contributed by atoms with Gasteiger partial charge in [0.1, 0.15) is 11.7 Å². The molecule has 108 valence electrons. The van der Waals surface area contributed by atoms with Crippen LogP contribution in [0.1, 0.15) is 11.6 Å². The standard InChI is InChI=1S/C13H11BrN4O2S/c1-21-13-16-12-15-9(11(19)20)6-10(18(12)17-13)7-3-2-4-8(14)5-7/h2-6,10H,1H3,(H,19,20)(H,15,16,17)/t10-/m1/s1. The maximum atomic E-state index is 11.3. The Labute approximate surface area is 133 Å². The molecule has 1 aromatic carbocycles. The molecule has 0 saturated carbocycles. The van der Waals surface area contributed by atoms with E-state index in [2.05, 4.69) is 31.3 Å². The number of allylic oxidation sites excluding steroid dienone is 1. The van der Waals surface area contributed by atoms with Gasteiger partial charge in [0, 0.05) is 4.47 Å². The molecule has 2 heterocycles. The molecular formula is C13H11BrN4O2S. The molecule has 21 heavy (non-hydrogen) atoms. The van der Waals surface area contributed by atoms with E-state index in [9.17, 15) is 9.90 Å². The van der Waals surface area contributed by atoms with Crippen LogP contribution in [0.5, 0.6) is 0 Å². The van der Waals surface area contributed by atoms with Crippen LogP contribution in [0.25, 0.3) is 0 Å². The zero-order chi connectivity index (χ0) is 15.0. The van der Waals surface area contributed by atoms with Crippen molar-refractivity contribution in [1.82, 2.24) is 14.8 Å². The van der Waals surface area contributed by atoms with E-state index in [1.165, 1.54) is 11.8 Å². The first-order valence-corrected chi connectivity index (χ1v) is 8.08. The lowest BCUT2D eigenvalue weighted by atomic mass is 10.0. The molecule has 0 bridgehead atoms. The van der Waals surface area contributed by atoms with Gasteiger partial charge in [0.25, 0.3) is 0 Å². The molecule has 0 spiro atoms. The number of aromatic nitrogens is 3. The molecule has 0 unspecified atom stereocenters. The zero-order valence-electron chi connectivity index (χ0n) is 10.9. The van der Waals surface area contributed by atoms with Crippen LogP contribution >= 0.6 is 27.7 Å². The highest BCUT2D eigenvalue weighted by Crippen LogP contribution is 2.31. The predicted octanol–water partition coefficient (Wildman–Crippen LogP) is 2.75. The van der Waals surface area contributed by atoms with E-state index in [-0.39, 0.29) is 11.7 Å². The number of anilines is 1. The molecule has 0 radical (unpaired) electrons. The fourth-order valence-corrected chi connectivity index (χ4v) is 2.88. The first kappa shape index (κ1) is 14.2. The number of nitrogens with zero attached hydrogens (tertiary/aromatic N) is 3. The fourth-order valence-electron chi connectivity index (χ4n) is 2.11. The summed E-state index contributed by atoms with van der Waals surface area (Å²) in [5.41, 5.74) is 1.04. The smallest absolute Gasteiger partial charge is 0.352 e. The van der Waals surface area contributed by atoms with Gasteiger partial charge in [0.2, 0.25) is 11.1 Å². The van der Waals surface area contributed by atoms with Gasteiger partial charge in [-0.1, -0.05) is 39.8 Å². The third-order valence-electron chi connectivity index (χ3n) is 3.05. The lowest BCUT2D eigenvalue weighted by Gasteiger charge is -2.22. The van der Waals surface area contributed by atoms with E-state index in [1.807, 2.05) is 30.5 Å². The van der Waals surface area contributed by atoms with E-state index < -0.39 is 5.97 Å². The van der Waals surface area contributed by atoms with Gasteiger partial charge in [-0.15, -0.1) is 5.10 Å². The Balaban J connectivity index is 2.12. The molecular weight excluding hydrogens is 356 g/mol. The van der Waals surface area contributed by atoms with E-state index in [0.29, 0.717) is 11.1 Å². The first-order chi connectivity index (χ1) is 10.1. The Morgan fingerprint density at radius 3 is 3.00 bits per heavy atom. The van der Waals surface area contributed by atoms with Crippen LogP contribution in [0.4, 0.5) is 5.95 Å². The van der Waals surface area contributed by atoms with Gasteiger partial charge in [-0.3, -0.25) is 0 Å². The maximum Gasteiger partial charge on any atom is 0.352 e. The van der Waals surface area contributed by atoms with Gasteiger partial charge >= 0.3 is 5.97 Å². The monoisotopic (exact) mass is 366 g/mol. The summed E-state index contributed by atoms with van der Waals surface area (Å²) in [5.74, 6) is -0.584. The molecule has 0 aliphatic carbocycles. The number of rotatable bonds is 3. The Kier molecular flexibility index (Phi) is 3.73. The fraction of sp³-hybridized carbons (Fsp3) is 0.154. The van der Waals surface area contributed by atoms with Gasteiger partial charge in [0.15, 0.2) is 0 Å². The van der Waals surface area contributed by atoms with E-state index in [4.69, 9.17) is 0 Å². The third-order valence-corrected chi connectivity index (χ3v) is 4.08. The summed E-state index contributed by atoms with van der Waals surface area (Å²) >= 11 is 4.84. The molecule has 0 fully saturated rings. The van der Waals surface area contributed by atoms with Gasteiger partial charge in [-0.25, -0.2) is 9.48 Å². The number of halogens is 1. The molecule has 1 aliphatic rings. The number of fused-ring (bicyclic) bond motifs is 1. The second kappa shape index (κ2) is 5.53. The Morgan fingerprint density at radius 2 is 2.33 bits per heavy atom. The molecule has 2 aromatic rings. The number of hydrogen-bond acceptors (Lipinski definition) is 5. The van der Waals surface area contributed by atoms with Gasteiger partial charge in [-0.05, 0) is 30.0 Å². The summed E-state index contributed by atoms with van der Waals surface area (Å²) in [7, 11) is 0. The Morgan fingerprint density at radius 1 is 1.52 bits per heavy atom. The van der Waals surface area contributed by atoms with Crippen molar-refractivity contribution in [2.24, 2.45) is 0 Å². The Bertz CT molecular complexity index is 744. The van der Waals surface area contributed by atoms with Crippen molar-refractivity contribution >= 4 is 39.6 Å². The van der Waals surface area contributed by atoms with Crippen LogP contribution in [0.2, 0.25) is 0 Å². The van der Waals surface area contributed by atoms with Crippen LogP contribution in [0, 0.1) is 0 Å². The number of benzene rings is 1. The largest absolute Gasteiger partial charge is 0.477 e. The average Bonchev–Trinajstić information content (AvgIpc) is 2.89. The normalized spacial score (nSPS) is 16.9. The summed E-state index contributed by atoms with van der Waals surface area (Å²) in [5, 5.41) is 17.0. The van der Waals surface area contributed by atoms with Crippen LogP contribution in [0.3, 0.4) is 0 Å². The number of nitrogens with one attached hydrogen (secondary N) is 1. The van der Waals surface area contributed by atoms with Gasteiger partial charge < -0.3 is 10.4 Å². The second-order valence-corrected chi connectivity index (χ2v) is 6.07. The molecule has 1 atom stereocenters. The molecule has 3 rings (SSSR count). The van der Waals surface area contributed by atoms with E-state index in [0.717, 1.165) is 10.0 Å². The van der Waals surface area contributed by atoms with Crippen LogP contribution < -0.4 is 5.32 Å². The molecule has 8 heteroatoms. The predicted molar refractivity (Wildman–Crippen MR) is 83.4 cm³/mol. The van der Waals surface area contributed by atoms with Crippen LogP contribution in [-0.4, -0.2) is 32.1 Å². The van der Waals surface area contributed by atoms with Crippen molar-refractivity contribution in [3.63, 3.8) is 0 Å².